The zero-order valence-corrected chi connectivity index (χ0v) is 16.2. The van der Waals surface area contributed by atoms with Gasteiger partial charge in [-0.2, -0.15) is 0 Å². The van der Waals surface area contributed by atoms with Crippen LogP contribution in [0.3, 0.4) is 0 Å². The molecule has 21 heavy (non-hydrogen) atoms. The van der Waals surface area contributed by atoms with Gasteiger partial charge in [0.05, 0.1) is 6.10 Å². The van der Waals surface area contributed by atoms with Crippen molar-refractivity contribution in [2.45, 2.75) is 85.0 Å². The Bertz CT molecular complexity index is 338. The topological polar surface area (TPSA) is 9.23 Å². The van der Waals surface area contributed by atoms with Crippen molar-refractivity contribution in [3.8, 4) is 0 Å². The van der Waals surface area contributed by atoms with Crippen LogP contribution in [0.4, 0.5) is 0 Å². The molecule has 0 rings (SSSR count). The van der Waals surface area contributed by atoms with Crippen LogP contribution in [0.25, 0.3) is 0 Å². The van der Waals surface area contributed by atoms with Crippen LogP contribution >= 0.6 is 0 Å². The Labute approximate surface area is 134 Å². The fourth-order valence-electron chi connectivity index (χ4n) is 2.52. The normalized spacial score (nSPS) is 13.9. The summed E-state index contributed by atoms with van der Waals surface area (Å²) in [5.74, 6) is 0. The maximum atomic E-state index is 6.49. The maximum absolute atomic E-state index is 6.49. The van der Waals surface area contributed by atoms with E-state index in [-0.39, 0.29) is 6.10 Å². The lowest BCUT2D eigenvalue weighted by Gasteiger charge is -2.31. The van der Waals surface area contributed by atoms with Crippen molar-refractivity contribution in [3.63, 3.8) is 0 Å². The summed E-state index contributed by atoms with van der Waals surface area (Å²) in [5, 5.41) is 0. The van der Waals surface area contributed by atoms with Gasteiger partial charge in [-0.15, -0.1) is 6.58 Å². The third-order valence-electron chi connectivity index (χ3n) is 4.39. The van der Waals surface area contributed by atoms with Gasteiger partial charge in [0, 0.05) is 0 Å². The second-order valence-electron chi connectivity index (χ2n) is 6.24. The summed E-state index contributed by atoms with van der Waals surface area (Å²) in [6.45, 7) is 17.3. The Morgan fingerprint density at radius 1 is 1.05 bits per heavy atom. The molecule has 0 spiro atoms. The van der Waals surface area contributed by atoms with E-state index in [0.29, 0.717) is 0 Å². The number of allylic oxidation sites excluding steroid dienone is 3. The standard InChI is InChI=1S/C19H36OSi/c1-8-19(20-21(9-2,10-3)11-4)16-15-18(7)14-12-13-17(5)6/h8,13,15,19H,1,9-12,14,16H2,2-7H3/b18-15+. The number of rotatable bonds is 11. The molecule has 0 saturated carbocycles. The van der Waals surface area contributed by atoms with Gasteiger partial charge in [0.15, 0.2) is 8.32 Å². The highest BCUT2D eigenvalue weighted by atomic mass is 28.4. The summed E-state index contributed by atoms with van der Waals surface area (Å²) < 4.78 is 6.49. The average Bonchev–Trinajstić information content (AvgIpc) is 2.48. The minimum atomic E-state index is -1.52. The first-order valence-electron chi connectivity index (χ1n) is 8.52. The van der Waals surface area contributed by atoms with E-state index in [1.165, 1.54) is 29.3 Å². The van der Waals surface area contributed by atoms with E-state index in [9.17, 15) is 0 Å². The Morgan fingerprint density at radius 2 is 1.62 bits per heavy atom. The molecule has 0 fully saturated rings. The summed E-state index contributed by atoms with van der Waals surface area (Å²) in [7, 11) is -1.52. The molecule has 1 unspecified atom stereocenters. The Morgan fingerprint density at radius 3 is 2.05 bits per heavy atom. The van der Waals surface area contributed by atoms with Gasteiger partial charge in [-0.1, -0.05) is 50.1 Å². The molecule has 1 atom stereocenters. The molecule has 0 aromatic carbocycles. The molecule has 122 valence electrons. The highest BCUT2D eigenvalue weighted by Crippen LogP contribution is 2.25. The van der Waals surface area contributed by atoms with E-state index in [1.807, 2.05) is 6.08 Å². The van der Waals surface area contributed by atoms with Crippen molar-refractivity contribution in [2.24, 2.45) is 0 Å². The first-order valence-corrected chi connectivity index (χ1v) is 11.0. The van der Waals surface area contributed by atoms with Gasteiger partial charge in [0.1, 0.15) is 0 Å². The lowest BCUT2D eigenvalue weighted by Crippen LogP contribution is -2.39. The molecule has 2 heteroatoms. The average molecular weight is 309 g/mol. The minimum absolute atomic E-state index is 0.190. The zero-order valence-electron chi connectivity index (χ0n) is 15.2. The molecule has 0 heterocycles. The SMILES string of the molecule is C=CC(C/C=C(\C)CCC=C(C)C)O[Si](CC)(CC)CC. The van der Waals surface area contributed by atoms with Crippen LogP contribution in [-0.2, 0) is 4.43 Å². The first kappa shape index (κ1) is 20.4. The molecule has 0 radical (unpaired) electrons. The van der Waals surface area contributed by atoms with E-state index in [4.69, 9.17) is 4.43 Å². The molecule has 0 saturated heterocycles. The second-order valence-corrected chi connectivity index (χ2v) is 11.0. The van der Waals surface area contributed by atoms with E-state index < -0.39 is 8.32 Å². The highest BCUT2D eigenvalue weighted by molar-refractivity contribution is 6.73. The summed E-state index contributed by atoms with van der Waals surface area (Å²) in [6, 6.07) is 3.61. The minimum Gasteiger partial charge on any atom is -0.410 e. The van der Waals surface area contributed by atoms with E-state index in [1.54, 1.807) is 0 Å². The van der Waals surface area contributed by atoms with Crippen molar-refractivity contribution in [2.75, 3.05) is 0 Å². The predicted octanol–water partition coefficient (Wildman–Crippen LogP) is 6.65. The lowest BCUT2D eigenvalue weighted by atomic mass is 10.1. The Balaban J connectivity index is 4.49. The van der Waals surface area contributed by atoms with Crippen LogP contribution in [0.1, 0.15) is 60.8 Å². The Kier molecular flexibility index (Phi) is 10.7. The van der Waals surface area contributed by atoms with Crippen molar-refractivity contribution in [3.05, 3.63) is 36.0 Å². The molecular weight excluding hydrogens is 272 g/mol. The van der Waals surface area contributed by atoms with E-state index in [2.05, 4.69) is 60.3 Å². The molecule has 0 N–H and O–H groups in total. The molecule has 0 aliphatic rings. The second kappa shape index (κ2) is 11.0. The summed E-state index contributed by atoms with van der Waals surface area (Å²) >= 11 is 0. The van der Waals surface area contributed by atoms with Gasteiger partial charge >= 0.3 is 0 Å². The van der Waals surface area contributed by atoms with Crippen LogP contribution in [-0.4, -0.2) is 14.4 Å². The van der Waals surface area contributed by atoms with Crippen LogP contribution in [0.15, 0.2) is 36.0 Å². The van der Waals surface area contributed by atoms with Crippen LogP contribution in [0.5, 0.6) is 0 Å². The van der Waals surface area contributed by atoms with Crippen LogP contribution in [0.2, 0.25) is 18.1 Å². The smallest absolute Gasteiger partial charge is 0.192 e. The quantitative estimate of drug-likeness (QED) is 0.307. The summed E-state index contributed by atoms with van der Waals surface area (Å²) in [5.41, 5.74) is 2.86. The maximum Gasteiger partial charge on any atom is 0.192 e. The van der Waals surface area contributed by atoms with Crippen molar-refractivity contribution in [1.29, 1.82) is 0 Å². The molecule has 0 aliphatic heterocycles. The highest BCUT2D eigenvalue weighted by Gasteiger charge is 2.30. The molecule has 0 bridgehead atoms. The van der Waals surface area contributed by atoms with Gasteiger partial charge in [0.2, 0.25) is 0 Å². The molecule has 0 aliphatic carbocycles. The van der Waals surface area contributed by atoms with Crippen LogP contribution < -0.4 is 0 Å². The molecule has 0 amide bonds. The molecule has 0 aromatic rings. The molecule has 1 nitrogen and oxygen atoms in total. The Hall–Kier alpha value is -0.603. The van der Waals surface area contributed by atoms with Crippen LogP contribution in [0, 0.1) is 0 Å². The van der Waals surface area contributed by atoms with Crippen molar-refractivity contribution in [1.82, 2.24) is 0 Å². The van der Waals surface area contributed by atoms with Gasteiger partial charge in [-0.25, -0.2) is 0 Å². The predicted molar refractivity (Wildman–Crippen MR) is 99.3 cm³/mol. The largest absolute Gasteiger partial charge is 0.410 e. The van der Waals surface area contributed by atoms with Gasteiger partial charge < -0.3 is 4.43 Å². The van der Waals surface area contributed by atoms with E-state index in [0.717, 1.165) is 19.3 Å². The van der Waals surface area contributed by atoms with Gasteiger partial charge in [0.25, 0.3) is 0 Å². The van der Waals surface area contributed by atoms with Crippen molar-refractivity contribution >= 4 is 8.32 Å². The fraction of sp³-hybridized carbons (Fsp3) is 0.684. The number of hydrogen-bond donors (Lipinski definition) is 0. The number of hydrogen-bond acceptors (Lipinski definition) is 1. The summed E-state index contributed by atoms with van der Waals surface area (Å²) in [6.07, 6.45) is 10.1. The van der Waals surface area contributed by atoms with Gasteiger partial charge in [-0.3, -0.25) is 0 Å². The monoisotopic (exact) mass is 308 g/mol. The fourth-order valence-corrected chi connectivity index (χ4v) is 5.36. The van der Waals surface area contributed by atoms with E-state index >= 15 is 0 Å². The molecular formula is C19H36OSi. The van der Waals surface area contributed by atoms with Gasteiger partial charge in [-0.05, 0) is 58.2 Å². The third kappa shape index (κ3) is 8.42. The van der Waals surface area contributed by atoms with Crippen molar-refractivity contribution < 1.29 is 4.43 Å². The summed E-state index contributed by atoms with van der Waals surface area (Å²) in [4.78, 5) is 0. The first-order chi connectivity index (χ1) is 9.92. The molecule has 0 aromatic heterocycles. The third-order valence-corrected chi connectivity index (χ3v) is 9.06. The lowest BCUT2D eigenvalue weighted by molar-refractivity contribution is 0.236. The zero-order chi connectivity index (χ0) is 16.3.